The van der Waals surface area contributed by atoms with Crippen LogP contribution in [0.3, 0.4) is 0 Å². The third-order valence-electron chi connectivity index (χ3n) is 3.87. The fourth-order valence-corrected chi connectivity index (χ4v) is 2.88. The summed E-state index contributed by atoms with van der Waals surface area (Å²) >= 11 is 0. The predicted molar refractivity (Wildman–Crippen MR) is 76.6 cm³/mol. The standard InChI is InChI=1S/C15H20N4O/c1-3-16-15(13-9-17-18-19(13)2)12-8-11-6-4-5-7-14(11)20-10-12/h4-7,9,12,15-16H,3,8,10H2,1-2H3. The Bertz CT molecular complexity index is 581. The molecule has 2 unspecified atom stereocenters. The van der Waals surface area contributed by atoms with Crippen LogP contribution in [-0.4, -0.2) is 28.1 Å². The summed E-state index contributed by atoms with van der Waals surface area (Å²) in [4.78, 5) is 0. The molecule has 1 aliphatic rings. The Morgan fingerprint density at radius 2 is 2.30 bits per heavy atom. The van der Waals surface area contributed by atoms with Gasteiger partial charge in [0.2, 0.25) is 0 Å². The maximum Gasteiger partial charge on any atom is 0.122 e. The maximum atomic E-state index is 5.91. The highest BCUT2D eigenvalue weighted by molar-refractivity contribution is 5.35. The SMILES string of the molecule is CCNC(c1cnnn1C)C1COc2ccccc2C1. The van der Waals surface area contributed by atoms with Crippen LogP contribution in [0.2, 0.25) is 0 Å². The van der Waals surface area contributed by atoms with E-state index in [2.05, 4.69) is 34.7 Å². The van der Waals surface area contributed by atoms with Gasteiger partial charge in [0.1, 0.15) is 5.75 Å². The van der Waals surface area contributed by atoms with Gasteiger partial charge in [-0.3, -0.25) is 4.68 Å². The van der Waals surface area contributed by atoms with Crippen LogP contribution >= 0.6 is 0 Å². The summed E-state index contributed by atoms with van der Waals surface area (Å²) in [7, 11) is 1.93. The number of ether oxygens (including phenoxy) is 1. The molecular formula is C15H20N4O. The van der Waals surface area contributed by atoms with Crippen LogP contribution in [-0.2, 0) is 13.5 Å². The average molecular weight is 272 g/mol. The van der Waals surface area contributed by atoms with Gasteiger partial charge in [0.05, 0.1) is 24.5 Å². The molecule has 5 heteroatoms. The van der Waals surface area contributed by atoms with Gasteiger partial charge in [0, 0.05) is 13.0 Å². The minimum absolute atomic E-state index is 0.216. The Kier molecular flexibility index (Phi) is 3.69. The molecule has 0 radical (unpaired) electrons. The van der Waals surface area contributed by atoms with Crippen molar-refractivity contribution in [2.75, 3.05) is 13.2 Å². The molecule has 0 saturated heterocycles. The van der Waals surface area contributed by atoms with Gasteiger partial charge < -0.3 is 10.1 Å². The topological polar surface area (TPSA) is 52.0 Å². The number of hydrogen-bond donors (Lipinski definition) is 1. The van der Waals surface area contributed by atoms with Crippen molar-refractivity contribution in [1.82, 2.24) is 20.3 Å². The molecule has 3 rings (SSSR count). The summed E-state index contributed by atoms with van der Waals surface area (Å²) in [5, 5.41) is 11.6. The summed E-state index contributed by atoms with van der Waals surface area (Å²) in [6.45, 7) is 3.75. The second-order valence-electron chi connectivity index (χ2n) is 5.20. The van der Waals surface area contributed by atoms with Gasteiger partial charge in [0.15, 0.2) is 0 Å². The van der Waals surface area contributed by atoms with Gasteiger partial charge in [-0.15, -0.1) is 5.10 Å². The van der Waals surface area contributed by atoms with Crippen molar-refractivity contribution in [2.24, 2.45) is 13.0 Å². The van der Waals surface area contributed by atoms with Gasteiger partial charge in [-0.2, -0.15) is 0 Å². The number of nitrogens with zero attached hydrogens (tertiary/aromatic N) is 3. The van der Waals surface area contributed by atoms with Crippen molar-refractivity contribution in [1.29, 1.82) is 0 Å². The summed E-state index contributed by atoms with van der Waals surface area (Å²) in [6, 6.07) is 8.49. The van der Waals surface area contributed by atoms with E-state index in [1.807, 2.05) is 30.1 Å². The molecule has 2 atom stereocenters. The first-order valence-electron chi connectivity index (χ1n) is 7.08. The average Bonchev–Trinajstić information content (AvgIpc) is 2.90. The van der Waals surface area contributed by atoms with E-state index in [-0.39, 0.29) is 6.04 Å². The van der Waals surface area contributed by atoms with Gasteiger partial charge in [-0.05, 0) is 24.6 Å². The first kappa shape index (κ1) is 13.1. The molecule has 2 aromatic rings. The summed E-state index contributed by atoms with van der Waals surface area (Å²) in [5.74, 6) is 1.41. The van der Waals surface area contributed by atoms with E-state index in [1.54, 1.807) is 0 Å². The maximum absolute atomic E-state index is 5.91. The number of aryl methyl sites for hydroxylation is 1. The number of hydrogen-bond acceptors (Lipinski definition) is 4. The Labute approximate surface area is 118 Å². The first-order chi connectivity index (χ1) is 9.79. The quantitative estimate of drug-likeness (QED) is 0.920. The lowest BCUT2D eigenvalue weighted by Crippen LogP contribution is -2.36. The van der Waals surface area contributed by atoms with Crippen molar-refractivity contribution in [3.8, 4) is 5.75 Å². The number of nitrogens with one attached hydrogen (secondary N) is 1. The molecule has 0 saturated carbocycles. The molecule has 1 aromatic carbocycles. The highest BCUT2D eigenvalue weighted by atomic mass is 16.5. The zero-order valence-electron chi connectivity index (χ0n) is 11.9. The molecule has 0 bridgehead atoms. The second kappa shape index (κ2) is 5.63. The van der Waals surface area contributed by atoms with E-state index in [0.29, 0.717) is 5.92 Å². The van der Waals surface area contributed by atoms with Crippen LogP contribution in [0.25, 0.3) is 0 Å². The van der Waals surface area contributed by atoms with E-state index in [1.165, 1.54) is 5.56 Å². The molecule has 0 amide bonds. The Morgan fingerprint density at radius 3 is 3.05 bits per heavy atom. The number of para-hydroxylation sites is 1. The summed E-state index contributed by atoms with van der Waals surface area (Å²) in [5.41, 5.74) is 2.39. The number of aromatic nitrogens is 3. The van der Waals surface area contributed by atoms with Crippen LogP contribution in [0.15, 0.2) is 30.5 Å². The largest absolute Gasteiger partial charge is 0.493 e. The van der Waals surface area contributed by atoms with Gasteiger partial charge in [0.25, 0.3) is 0 Å². The number of benzene rings is 1. The smallest absolute Gasteiger partial charge is 0.122 e. The second-order valence-corrected chi connectivity index (χ2v) is 5.20. The van der Waals surface area contributed by atoms with Crippen molar-refractivity contribution in [3.63, 3.8) is 0 Å². The van der Waals surface area contributed by atoms with Crippen molar-refractivity contribution < 1.29 is 4.74 Å². The van der Waals surface area contributed by atoms with Gasteiger partial charge in [-0.1, -0.05) is 30.3 Å². The molecule has 1 aliphatic heterocycles. The van der Waals surface area contributed by atoms with Crippen LogP contribution in [0.4, 0.5) is 0 Å². The van der Waals surface area contributed by atoms with E-state index in [9.17, 15) is 0 Å². The third kappa shape index (κ3) is 2.41. The highest BCUT2D eigenvalue weighted by Gasteiger charge is 2.29. The molecule has 0 spiro atoms. The molecular weight excluding hydrogens is 252 g/mol. The summed E-state index contributed by atoms with van der Waals surface area (Å²) < 4.78 is 7.75. The van der Waals surface area contributed by atoms with Crippen molar-refractivity contribution in [3.05, 3.63) is 41.7 Å². The van der Waals surface area contributed by atoms with Crippen LogP contribution in [0.1, 0.15) is 24.2 Å². The fraction of sp³-hybridized carbons (Fsp3) is 0.467. The van der Waals surface area contributed by atoms with Gasteiger partial charge in [-0.25, -0.2) is 0 Å². The zero-order chi connectivity index (χ0) is 13.9. The van der Waals surface area contributed by atoms with Crippen molar-refractivity contribution >= 4 is 0 Å². The van der Waals surface area contributed by atoms with Crippen molar-refractivity contribution in [2.45, 2.75) is 19.4 Å². The van der Waals surface area contributed by atoms with E-state index >= 15 is 0 Å². The molecule has 0 aliphatic carbocycles. The minimum Gasteiger partial charge on any atom is -0.493 e. The lowest BCUT2D eigenvalue weighted by molar-refractivity contribution is 0.182. The molecule has 2 heterocycles. The predicted octanol–water partition coefficient (Wildman–Crippen LogP) is 1.72. The molecule has 0 fully saturated rings. The lowest BCUT2D eigenvalue weighted by Gasteiger charge is -2.31. The van der Waals surface area contributed by atoms with Gasteiger partial charge >= 0.3 is 0 Å². The molecule has 1 aromatic heterocycles. The van der Waals surface area contributed by atoms with Crippen LogP contribution < -0.4 is 10.1 Å². The molecule has 5 nitrogen and oxygen atoms in total. The molecule has 20 heavy (non-hydrogen) atoms. The summed E-state index contributed by atoms with van der Waals surface area (Å²) in [6.07, 6.45) is 2.85. The zero-order valence-corrected chi connectivity index (χ0v) is 11.9. The Morgan fingerprint density at radius 1 is 1.45 bits per heavy atom. The number of rotatable bonds is 4. The van der Waals surface area contributed by atoms with Crippen LogP contribution in [0, 0.1) is 5.92 Å². The highest BCUT2D eigenvalue weighted by Crippen LogP contribution is 2.33. The van der Waals surface area contributed by atoms with E-state index in [4.69, 9.17) is 4.74 Å². The van der Waals surface area contributed by atoms with E-state index in [0.717, 1.165) is 31.0 Å². The monoisotopic (exact) mass is 272 g/mol. The minimum atomic E-state index is 0.216. The lowest BCUT2D eigenvalue weighted by atomic mass is 9.88. The molecule has 1 N–H and O–H groups in total. The number of fused-ring (bicyclic) bond motifs is 1. The molecule has 106 valence electrons. The third-order valence-corrected chi connectivity index (χ3v) is 3.87. The van der Waals surface area contributed by atoms with E-state index < -0.39 is 0 Å². The fourth-order valence-electron chi connectivity index (χ4n) is 2.88. The normalized spacial score (nSPS) is 19.2. The first-order valence-corrected chi connectivity index (χ1v) is 7.08. The Hall–Kier alpha value is -1.88. The van der Waals surface area contributed by atoms with Crippen LogP contribution in [0.5, 0.6) is 5.75 Å². The Balaban J connectivity index is 1.85.